The summed E-state index contributed by atoms with van der Waals surface area (Å²) in [7, 11) is 0. The average Bonchev–Trinajstić information content (AvgIpc) is 3.55. The number of nitrogens with zero attached hydrogens (tertiary/aromatic N) is 1. The van der Waals surface area contributed by atoms with Gasteiger partial charge in [0, 0.05) is 21.2 Å². The van der Waals surface area contributed by atoms with Crippen LogP contribution in [-0.2, 0) is 0 Å². The predicted molar refractivity (Wildman–Crippen MR) is 220 cm³/mol. The molecule has 0 fully saturated rings. The first-order valence-corrected chi connectivity index (χ1v) is 18.7. The summed E-state index contributed by atoms with van der Waals surface area (Å²) in [6, 6.07) is 65.9. The van der Waals surface area contributed by atoms with Crippen LogP contribution in [0.25, 0.3) is 72.0 Å². The van der Waals surface area contributed by atoms with E-state index in [0.29, 0.717) is 0 Å². The molecule has 8 aromatic carbocycles. The third-order valence-electron chi connectivity index (χ3n) is 10.7. The van der Waals surface area contributed by atoms with Crippen molar-refractivity contribution < 1.29 is 4.74 Å². The molecular formula is C48H30BNOS. The highest BCUT2D eigenvalue weighted by atomic mass is 32.2. The zero-order chi connectivity index (χ0) is 34.2. The minimum Gasteiger partial charge on any atom is -0.458 e. The molecule has 11 rings (SSSR count). The number of fused-ring (bicyclic) bond motifs is 7. The van der Waals surface area contributed by atoms with Crippen LogP contribution in [0.3, 0.4) is 0 Å². The van der Waals surface area contributed by atoms with E-state index in [1.54, 1.807) is 0 Å². The van der Waals surface area contributed by atoms with Gasteiger partial charge in [0.2, 0.25) is 0 Å². The maximum absolute atomic E-state index is 6.94. The fourth-order valence-electron chi connectivity index (χ4n) is 8.39. The molecule has 2 nitrogen and oxygen atoms in total. The molecule has 0 atom stereocenters. The van der Waals surface area contributed by atoms with Crippen molar-refractivity contribution in [2.75, 3.05) is 0 Å². The molecule has 2 aliphatic rings. The van der Waals surface area contributed by atoms with E-state index in [1.807, 2.05) is 11.6 Å². The number of hydrogen-bond donors (Lipinski definition) is 0. The highest BCUT2D eigenvalue weighted by Crippen LogP contribution is 2.46. The Kier molecular flexibility index (Phi) is 6.62. The summed E-state index contributed by atoms with van der Waals surface area (Å²) in [5, 5.41) is 2.53. The lowest BCUT2D eigenvalue weighted by atomic mass is 9.57. The first-order chi connectivity index (χ1) is 25.8. The number of hydrogen-bond acceptors (Lipinski definition) is 2. The van der Waals surface area contributed by atoms with Crippen LogP contribution in [0.15, 0.2) is 187 Å². The van der Waals surface area contributed by atoms with Gasteiger partial charge in [0.25, 0.3) is 5.99 Å². The van der Waals surface area contributed by atoms with E-state index in [-0.39, 0.29) is 5.99 Å². The molecule has 1 aromatic heterocycles. The minimum atomic E-state index is 0.0995. The van der Waals surface area contributed by atoms with Crippen LogP contribution in [0.4, 0.5) is 0 Å². The van der Waals surface area contributed by atoms with Gasteiger partial charge in [-0.15, -0.1) is 0 Å². The van der Waals surface area contributed by atoms with Gasteiger partial charge in [-0.05, 0) is 92.3 Å². The van der Waals surface area contributed by atoms with E-state index in [9.17, 15) is 0 Å². The lowest BCUT2D eigenvalue weighted by Crippen LogP contribution is -2.46. The van der Waals surface area contributed by atoms with E-state index in [2.05, 4.69) is 187 Å². The SMILES string of the molecule is c1ccc(-c2ccccc2-c2cc3c4c(c2)-c2ccccc2SB4c2cc(-c4ccccc4-n4c5ccccc5c5ccccc54)ccc2O3)cc1. The second-order valence-corrected chi connectivity index (χ2v) is 14.7. The van der Waals surface area contributed by atoms with Crippen LogP contribution in [0.1, 0.15) is 0 Å². The summed E-state index contributed by atoms with van der Waals surface area (Å²) in [6.07, 6.45) is 0. The van der Waals surface area contributed by atoms with Crippen molar-refractivity contribution in [3.63, 3.8) is 0 Å². The molecule has 9 aromatic rings. The zero-order valence-electron chi connectivity index (χ0n) is 28.2. The van der Waals surface area contributed by atoms with Crippen LogP contribution >= 0.6 is 11.6 Å². The topological polar surface area (TPSA) is 14.2 Å². The molecule has 0 spiro atoms. The van der Waals surface area contributed by atoms with Gasteiger partial charge in [-0.3, -0.25) is 0 Å². The quantitative estimate of drug-likeness (QED) is 0.172. The van der Waals surface area contributed by atoms with Gasteiger partial charge in [0.15, 0.2) is 0 Å². The average molecular weight is 680 g/mol. The summed E-state index contributed by atoms with van der Waals surface area (Å²) in [5.74, 6) is 1.96. The largest absolute Gasteiger partial charge is 0.458 e. The number of aromatic nitrogens is 1. The molecule has 0 aliphatic carbocycles. The summed E-state index contributed by atoms with van der Waals surface area (Å²) < 4.78 is 9.36. The molecule has 52 heavy (non-hydrogen) atoms. The van der Waals surface area contributed by atoms with Gasteiger partial charge in [-0.2, -0.15) is 11.6 Å². The van der Waals surface area contributed by atoms with Crippen molar-refractivity contribution in [2.45, 2.75) is 4.90 Å². The van der Waals surface area contributed by atoms with Crippen LogP contribution in [-0.4, -0.2) is 10.6 Å². The van der Waals surface area contributed by atoms with Gasteiger partial charge >= 0.3 is 0 Å². The second kappa shape index (κ2) is 11.7. The third-order valence-corrected chi connectivity index (χ3v) is 12.0. The molecule has 2 aliphatic heterocycles. The molecule has 0 amide bonds. The van der Waals surface area contributed by atoms with Gasteiger partial charge < -0.3 is 9.30 Å². The number of rotatable bonds is 4. The lowest BCUT2D eigenvalue weighted by Gasteiger charge is -2.33. The van der Waals surface area contributed by atoms with Crippen molar-refractivity contribution in [1.82, 2.24) is 4.57 Å². The molecule has 0 saturated heterocycles. The van der Waals surface area contributed by atoms with Gasteiger partial charge in [-0.25, -0.2) is 0 Å². The Hall–Kier alpha value is -6.23. The molecule has 0 saturated carbocycles. The van der Waals surface area contributed by atoms with Crippen molar-refractivity contribution in [1.29, 1.82) is 0 Å². The van der Waals surface area contributed by atoms with Crippen LogP contribution in [0.5, 0.6) is 11.5 Å². The number of para-hydroxylation sites is 3. The minimum absolute atomic E-state index is 0.0995. The Labute approximate surface area is 307 Å². The predicted octanol–water partition coefficient (Wildman–Crippen LogP) is 11.8. The molecule has 0 N–H and O–H groups in total. The highest BCUT2D eigenvalue weighted by Gasteiger charge is 2.39. The molecule has 3 heterocycles. The Balaban J connectivity index is 1.08. The summed E-state index contributed by atoms with van der Waals surface area (Å²) in [4.78, 5) is 1.29. The molecule has 0 bridgehead atoms. The van der Waals surface area contributed by atoms with E-state index < -0.39 is 0 Å². The number of ether oxygens (including phenoxy) is 1. The van der Waals surface area contributed by atoms with E-state index >= 15 is 0 Å². The first-order valence-electron chi connectivity index (χ1n) is 17.8. The van der Waals surface area contributed by atoms with Crippen molar-refractivity contribution >= 4 is 50.3 Å². The van der Waals surface area contributed by atoms with Crippen molar-refractivity contribution in [2.24, 2.45) is 0 Å². The van der Waals surface area contributed by atoms with Gasteiger partial charge in [-0.1, -0.05) is 140 Å². The molecule has 0 radical (unpaired) electrons. The zero-order valence-corrected chi connectivity index (χ0v) is 29.0. The monoisotopic (exact) mass is 679 g/mol. The highest BCUT2D eigenvalue weighted by molar-refractivity contribution is 8.28. The fraction of sp³-hybridized carbons (Fsp3) is 0. The molecule has 242 valence electrons. The Bertz CT molecular complexity index is 2820. The maximum atomic E-state index is 6.94. The number of benzene rings is 8. The standard InChI is InChI=1S/C48H30BNOS/c1-2-14-31(15-3-1)34-16-4-5-17-35(34)33-28-40-39-21-9-13-25-47(39)52-49-41-29-32(26-27-45(41)51-46(30-33)48(40)49)36-18-6-10-22-42(36)50-43-23-11-7-19-37(43)38-20-8-12-24-44(38)50/h1-30H. The van der Waals surface area contributed by atoms with E-state index in [4.69, 9.17) is 4.74 Å². The first kappa shape index (κ1) is 29.5. The summed E-state index contributed by atoms with van der Waals surface area (Å²) in [5.41, 5.74) is 15.7. The summed E-state index contributed by atoms with van der Waals surface area (Å²) in [6.45, 7) is 0. The lowest BCUT2D eigenvalue weighted by molar-refractivity contribution is 0.488. The second-order valence-electron chi connectivity index (χ2n) is 13.6. The van der Waals surface area contributed by atoms with Crippen LogP contribution in [0.2, 0.25) is 0 Å². The summed E-state index contributed by atoms with van der Waals surface area (Å²) >= 11 is 1.93. The fourth-order valence-corrected chi connectivity index (χ4v) is 9.78. The van der Waals surface area contributed by atoms with Gasteiger partial charge in [0.1, 0.15) is 11.5 Å². The Morgan fingerprint density at radius 1 is 0.423 bits per heavy atom. The molecule has 0 unspecified atom stereocenters. The Morgan fingerprint density at radius 2 is 1.04 bits per heavy atom. The molecule has 4 heteroatoms. The van der Waals surface area contributed by atoms with E-state index in [0.717, 1.165) is 17.1 Å². The van der Waals surface area contributed by atoms with Crippen LogP contribution < -0.4 is 15.7 Å². The van der Waals surface area contributed by atoms with E-state index in [1.165, 1.54) is 82.3 Å². The maximum Gasteiger partial charge on any atom is 0.289 e. The Morgan fingerprint density at radius 3 is 1.81 bits per heavy atom. The van der Waals surface area contributed by atoms with Crippen molar-refractivity contribution in [3.8, 4) is 61.7 Å². The third kappa shape index (κ3) is 4.48. The normalized spacial score (nSPS) is 12.7. The van der Waals surface area contributed by atoms with Gasteiger partial charge in [0.05, 0.1) is 16.7 Å². The molecular weight excluding hydrogens is 649 g/mol. The smallest absolute Gasteiger partial charge is 0.289 e. The van der Waals surface area contributed by atoms with Crippen molar-refractivity contribution in [3.05, 3.63) is 182 Å². The van der Waals surface area contributed by atoms with Crippen LogP contribution in [0, 0.1) is 0 Å².